The Bertz CT molecular complexity index is 715. The summed E-state index contributed by atoms with van der Waals surface area (Å²) >= 11 is 12.8. The van der Waals surface area contributed by atoms with Crippen LogP contribution in [0.2, 0.25) is 10.3 Å². The molecule has 0 aromatic carbocycles. The number of methoxy groups -OCH3 is 1. The zero-order valence-electron chi connectivity index (χ0n) is 11.1. The smallest absolute Gasteiger partial charge is 0.350 e. The minimum absolute atomic E-state index is 0.00694. The number of hydrogen-bond donors (Lipinski definition) is 1. The van der Waals surface area contributed by atoms with Crippen molar-refractivity contribution in [2.24, 2.45) is 0 Å². The van der Waals surface area contributed by atoms with E-state index < -0.39 is 11.9 Å². The fraction of sp³-hybridized carbons (Fsp3) is 0.154. The van der Waals surface area contributed by atoms with Gasteiger partial charge in [-0.15, -0.1) is 11.3 Å². The fourth-order valence-electron chi connectivity index (χ4n) is 1.60. The van der Waals surface area contributed by atoms with E-state index in [1.165, 1.54) is 30.6 Å². The van der Waals surface area contributed by atoms with Crippen LogP contribution in [0, 0.1) is 6.92 Å². The molecule has 0 aliphatic heterocycles. The second-order valence-electron chi connectivity index (χ2n) is 4.04. The van der Waals surface area contributed by atoms with Gasteiger partial charge in [-0.25, -0.2) is 9.78 Å². The molecule has 0 aliphatic rings. The van der Waals surface area contributed by atoms with Gasteiger partial charge in [0, 0.05) is 0 Å². The third-order valence-electron chi connectivity index (χ3n) is 2.64. The number of halogens is 2. The molecular weight excluding hydrogens is 335 g/mol. The number of amides is 1. The molecule has 2 aromatic heterocycles. The lowest BCUT2D eigenvalue weighted by Gasteiger charge is -2.08. The Balaban J connectivity index is 2.32. The van der Waals surface area contributed by atoms with Crippen molar-refractivity contribution >= 4 is 52.1 Å². The molecule has 0 saturated carbocycles. The number of ether oxygens (including phenoxy) is 1. The summed E-state index contributed by atoms with van der Waals surface area (Å²) in [6, 6.07) is 2.93. The Morgan fingerprint density at radius 2 is 2.05 bits per heavy atom. The maximum Gasteiger partial charge on any atom is 0.350 e. The van der Waals surface area contributed by atoms with Crippen molar-refractivity contribution in [2.45, 2.75) is 6.92 Å². The lowest BCUT2D eigenvalue weighted by Crippen LogP contribution is -2.15. The van der Waals surface area contributed by atoms with E-state index in [2.05, 4.69) is 15.0 Å². The van der Waals surface area contributed by atoms with Crippen molar-refractivity contribution in [3.63, 3.8) is 0 Å². The molecule has 0 fully saturated rings. The highest BCUT2D eigenvalue weighted by atomic mass is 35.5. The molecular formula is C13H10Cl2N2O3S. The van der Waals surface area contributed by atoms with Crippen LogP contribution in [0.25, 0.3) is 0 Å². The van der Waals surface area contributed by atoms with E-state index in [1.54, 1.807) is 12.3 Å². The van der Waals surface area contributed by atoms with Crippen LogP contribution in [0.5, 0.6) is 0 Å². The summed E-state index contributed by atoms with van der Waals surface area (Å²) in [5.41, 5.74) is 1.33. The lowest BCUT2D eigenvalue weighted by atomic mass is 10.2. The van der Waals surface area contributed by atoms with Crippen molar-refractivity contribution in [2.75, 3.05) is 12.4 Å². The summed E-state index contributed by atoms with van der Waals surface area (Å²) in [6.07, 6.45) is 0. The summed E-state index contributed by atoms with van der Waals surface area (Å²) in [5.74, 6) is -0.987. The average molecular weight is 345 g/mol. The molecule has 0 bridgehead atoms. The summed E-state index contributed by atoms with van der Waals surface area (Å²) < 4.78 is 4.68. The van der Waals surface area contributed by atoms with Gasteiger partial charge < -0.3 is 10.1 Å². The van der Waals surface area contributed by atoms with E-state index in [0.717, 1.165) is 5.56 Å². The summed E-state index contributed by atoms with van der Waals surface area (Å²) in [7, 11) is 1.28. The number of nitrogens with zero attached hydrogens (tertiary/aromatic N) is 1. The van der Waals surface area contributed by atoms with Crippen LogP contribution >= 0.6 is 34.5 Å². The van der Waals surface area contributed by atoms with Gasteiger partial charge in [0.25, 0.3) is 5.91 Å². The van der Waals surface area contributed by atoms with Gasteiger partial charge in [0.05, 0.1) is 18.4 Å². The second-order valence-corrected chi connectivity index (χ2v) is 5.67. The van der Waals surface area contributed by atoms with E-state index in [9.17, 15) is 9.59 Å². The van der Waals surface area contributed by atoms with E-state index in [0.29, 0.717) is 10.6 Å². The molecule has 110 valence electrons. The molecule has 0 atom stereocenters. The molecule has 8 heteroatoms. The van der Waals surface area contributed by atoms with Crippen LogP contribution in [-0.4, -0.2) is 24.0 Å². The molecule has 1 N–H and O–H groups in total. The maximum absolute atomic E-state index is 12.2. The zero-order chi connectivity index (χ0) is 15.6. The largest absolute Gasteiger partial charge is 0.465 e. The molecule has 0 radical (unpaired) electrons. The topological polar surface area (TPSA) is 68.3 Å². The summed E-state index contributed by atoms with van der Waals surface area (Å²) in [4.78, 5) is 28.0. The number of aromatic nitrogens is 1. The normalized spacial score (nSPS) is 10.3. The van der Waals surface area contributed by atoms with Crippen LogP contribution in [-0.2, 0) is 4.74 Å². The fourth-order valence-corrected chi connectivity index (χ4v) is 2.96. The highest BCUT2D eigenvalue weighted by molar-refractivity contribution is 7.12. The number of thiophene rings is 1. The van der Waals surface area contributed by atoms with Crippen molar-refractivity contribution in [3.8, 4) is 0 Å². The van der Waals surface area contributed by atoms with E-state index >= 15 is 0 Å². The molecule has 0 saturated heterocycles. The standard InChI is InChI=1S/C13H10Cl2N2O3S/c1-6-5-21-10(13(19)20-2)9(6)17-12(18)7-3-4-8(14)16-11(7)15/h3-5H,1-2H3,(H,17,18). The van der Waals surface area contributed by atoms with Crippen LogP contribution in [0.1, 0.15) is 25.6 Å². The van der Waals surface area contributed by atoms with Crippen LogP contribution in [0.4, 0.5) is 5.69 Å². The first kappa shape index (κ1) is 15.8. The van der Waals surface area contributed by atoms with Crippen molar-refractivity contribution in [1.29, 1.82) is 0 Å². The van der Waals surface area contributed by atoms with Crippen LogP contribution in [0.3, 0.4) is 0 Å². The molecule has 2 heterocycles. The quantitative estimate of drug-likeness (QED) is 0.679. The van der Waals surface area contributed by atoms with Gasteiger partial charge in [0.1, 0.15) is 15.2 Å². The molecule has 0 aliphatic carbocycles. The number of nitrogens with one attached hydrogen (secondary N) is 1. The SMILES string of the molecule is COC(=O)c1scc(C)c1NC(=O)c1ccc(Cl)nc1Cl. The van der Waals surface area contributed by atoms with Gasteiger partial charge in [-0.2, -0.15) is 0 Å². The Morgan fingerprint density at radius 3 is 2.67 bits per heavy atom. The van der Waals surface area contributed by atoms with Gasteiger partial charge in [-0.3, -0.25) is 4.79 Å². The Labute approximate surface area is 134 Å². The molecule has 0 unspecified atom stereocenters. The predicted octanol–water partition coefficient (Wildman–Crippen LogP) is 3.80. The number of rotatable bonds is 3. The lowest BCUT2D eigenvalue weighted by molar-refractivity contribution is 0.0607. The van der Waals surface area contributed by atoms with Crippen molar-refractivity contribution < 1.29 is 14.3 Å². The number of esters is 1. The van der Waals surface area contributed by atoms with Gasteiger partial charge in [-0.1, -0.05) is 23.2 Å². The minimum Gasteiger partial charge on any atom is -0.465 e. The molecule has 21 heavy (non-hydrogen) atoms. The molecule has 2 rings (SSSR count). The first-order chi connectivity index (χ1) is 9.93. The first-order valence-corrected chi connectivity index (χ1v) is 7.37. The first-order valence-electron chi connectivity index (χ1n) is 5.73. The average Bonchev–Trinajstić information content (AvgIpc) is 2.79. The van der Waals surface area contributed by atoms with E-state index in [-0.39, 0.29) is 15.9 Å². The van der Waals surface area contributed by atoms with E-state index in [1.807, 2.05) is 0 Å². The number of pyridine rings is 1. The summed E-state index contributed by atoms with van der Waals surface area (Å²) in [6.45, 7) is 1.78. The number of aryl methyl sites for hydroxylation is 1. The Kier molecular flexibility index (Phi) is 4.82. The number of carbonyl (C=O) groups is 2. The zero-order valence-corrected chi connectivity index (χ0v) is 13.4. The number of hydrogen-bond acceptors (Lipinski definition) is 5. The predicted molar refractivity (Wildman–Crippen MR) is 82.6 cm³/mol. The van der Waals surface area contributed by atoms with Gasteiger partial charge in [0.15, 0.2) is 0 Å². The van der Waals surface area contributed by atoms with Gasteiger partial charge in [-0.05, 0) is 30.0 Å². The third kappa shape index (κ3) is 3.34. The second kappa shape index (κ2) is 6.43. The van der Waals surface area contributed by atoms with Crippen LogP contribution < -0.4 is 5.32 Å². The molecule has 1 amide bonds. The van der Waals surface area contributed by atoms with E-state index in [4.69, 9.17) is 23.2 Å². The minimum atomic E-state index is -0.510. The molecule has 2 aromatic rings. The monoisotopic (exact) mass is 344 g/mol. The highest BCUT2D eigenvalue weighted by Gasteiger charge is 2.20. The molecule has 5 nitrogen and oxygen atoms in total. The van der Waals surface area contributed by atoms with Gasteiger partial charge >= 0.3 is 5.97 Å². The highest BCUT2D eigenvalue weighted by Crippen LogP contribution is 2.29. The Hall–Kier alpha value is -1.63. The number of carbonyl (C=O) groups excluding carboxylic acids is 2. The third-order valence-corrected chi connectivity index (χ3v) is 4.22. The van der Waals surface area contributed by atoms with Crippen LogP contribution in [0.15, 0.2) is 17.5 Å². The number of anilines is 1. The molecule has 0 spiro atoms. The van der Waals surface area contributed by atoms with Crippen molar-refractivity contribution in [1.82, 2.24) is 4.98 Å². The maximum atomic E-state index is 12.2. The van der Waals surface area contributed by atoms with Gasteiger partial charge in [0.2, 0.25) is 0 Å². The van der Waals surface area contributed by atoms with Crippen molar-refractivity contribution in [3.05, 3.63) is 43.8 Å². The summed E-state index contributed by atoms with van der Waals surface area (Å²) in [5, 5.41) is 4.59. The Morgan fingerprint density at radius 1 is 1.33 bits per heavy atom.